The van der Waals surface area contributed by atoms with Gasteiger partial charge in [0.25, 0.3) is 5.72 Å². The van der Waals surface area contributed by atoms with E-state index in [1.807, 2.05) is 6.92 Å². The quantitative estimate of drug-likeness (QED) is 0.782. The van der Waals surface area contributed by atoms with E-state index in [4.69, 9.17) is 13.9 Å². The zero-order valence-corrected chi connectivity index (χ0v) is 15.7. The number of hydrazone groups is 1. The van der Waals surface area contributed by atoms with Crippen LogP contribution in [0.25, 0.3) is 0 Å². The predicted octanol–water partition coefficient (Wildman–Crippen LogP) is 3.73. The molecule has 2 heterocycles. The van der Waals surface area contributed by atoms with E-state index in [2.05, 4.69) is 5.10 Å². The molecule has 29 heavy (non-hydrogen) atoms. The molecule has 7 nitrogen and oxygen atoms in total. The van der Waals surface area contributed by atoms with Gasteiger partial charge < -0.3 is 19.0 Å². The van der Waals surface area contributed by atoms with Gasteiger partial charge in [-0.25, -0.2) is 0 Å². The minimum absolute atomic E-state index is 0.0122. The zero-order chi connectivity index (χ0) is 21.2. The second-order valence-electron chi connectivity index (χ2n) is 6.40. The lowest BCUT2D eigenvalue weighted by molar-refractivity contribution is -0.297. The third-order valence-corrected chi connectivity index (χ3v) is 4.16. The molecule has 0 spiro atoms. The van der Waals surface area contributed by atoms with Gasteiger partial charge >= 0.3 is 12.1 Å². The summed E-state index contributed by atoms with van der Waals surface area (Å²) in [6.07, 6.45) is -5.90. The van der Waals surface area contributed by atoms with Crippen LogP contribution in [0.5, 0.6) is 11.5 Å². The molecule has 1 atom stereocenters. The molecular weight excluding hydrogens is 393 g/mol. The number of nitrogens with zero attached hydrogens (tertiary/aromatic N) is 2. The topological polar surface area (TPSA) is 84.5 Å². The Labute approximate surface area is 164 Å². The number of rotatable bonds is 6. The van der Waals surface area contributed by atoms with Crippen molar-refractivity contribution in [1.82, 2.24) is 5.01 Å². The third kappa shape index (κ3) is 4.21. The molecule has 1 aliphatic rings. The van der Waals surface area contributed by atoms with Crippen LogP contribution in [-0.2, 0) is 6.61 Å². The average molecular weight is 412 g/mol. The van der Waals surface area contributed by atoms with Gasteiger partial charge in [-0.2, -0.15) is 23.3 Å². The molecular formula is C19H19F3N2O5. The molecule has 2 aromatic rings. The second kappa shape index (κ2) is 7.78. The maximum atomic E-state index is 13.3. The number of hydrogen-bond donors (Lipinski definition) is 1. The normalized spacial score (nSPS) is 19.2. The summed E-state index contributed by atoms with van der Waals surface area (Å²) < 4.78 is 55.9. The average Bonchev–Trinajstić information content (AvgIpc) is 3.25. The van der Waals surface area contributed by atoms with Crippen LogP contribution in [-0.4, -0.2) is 40.2 Å². The molecule has 10 heteroatoms. The number of amides is 1. The van der Waals surface area contributed by atoms with Crippen molar-refractivity contribution in [3.05, 3.63) is 47.9 Å². The molecule has 1 unspecified atom stereocenters. The molecule has 1 N–H and O–H groups in total. The lowest BCUT2D eigenvalue weighted by Gasteiger charge is -2.32. The summed E-state index contributed by atoms with van der Waals surface area (Å²) in [6.45, 7) is 3.65. The molecule has 1 aromatic heterocycles. The molecule has 0 fully saturated rings. The molecule has 1 aromatic carbocycles. The first-order valence-electron chi connectivity index (χ1n) is 8.76. The Morgan fingerprint density at radius 1 is 1.21 bits per heavy atom. The maximum Gasteiger partial charge on any atom is 0.438 e. The highest BCUT2D eigenvalue weighted by Crippen LogP contribution is 2.41. The number of ether oxygens (including phenoxy) is 2. The first kappa shape index (κ1) is 20.7. The third-order valence-electron chi connectivity index (χ3n) is 4.16. The Hall–Kier alpha value is -3.01. The van der Waals surface area contributed by atoms with Crippen LogP contribution in [0.1, 0.15) is 36.6 Å². The number of aliphatic hydroxyl groups is 1. The van der Waals surface area contributed by atoms with E-state index in [0.29, 0.717) is 18.1 Å². The Kier molecular flexibility index (Phi) is 5.56. The van der Waals surface area contributed by atoms with Gasteiger partial charge in [0.2, 0.25) is 0 Å². The van der Waals surface area contributed by atoms with Gasteiger partial charge in [0.05, 0.1) is 6.61 Å². The Morgan fingerprint density at radius 2 is 1.83 bits per heavy atom. The summed E-state index contributed by atoms with van der Waals surface area (Å²) in [5.41, 5.74) is -3.43. The van der Waals surface area contributed by atoms with Crippen LogP contribution in [0.4, 0.5) is 13.2 Å². The monoisotopic (exact) mass is 412 g/mol. The van der Waals surface area contributed by atoms with E-state index in [1.165, 1.54) is 19.1 Å². The number of furan rings is 1. The molecule has 1 aliphatic heterocycles. The van der Waals surface area contributed by atoms with Gasteiger partial charge in [0.1, 0.15) is 23.9 Å². The van der Waals surface area contributed by atoms with E-state index < -0.39 is 30.0 Å². The summed E-state index contributed by atoms with van der Waals surface area (Å²) in [7, 11) is 0. The fourth-order valence-corrected chi connectivity index (χ4v) is 2.78. The summed E-state index contributed by atoms with van der Waals surface area (Å²) in [4.78, 5) is 12.5. The fourth-order valence-electron chi connectivity index (χ4n) is 2.78. The summed E-state index contributed by atoms with van der Waals surface area (Å²) in [5, 5.41) is 13.5. The molecule has 156 valence electrons. The largest absolute Gasteiger partial charge is 0.494 e. The van der Waals surface area contributed by atoms with Crippen LogP contribution >= 0.6 is 0 Å². The van der Waals surface area contributed by atoms with Crippen molar-refractivity contribution in [2.24, 2.45) is 5.10 Å². The molecule has 0 saturated heterocycles. The van der Waals surface area contributed by atoms with E-state index in [1.54, 1.807) is 24.3 Å². The van der Waals surface area contributed by atoms with Crippen LogP contribution in [0, 0.1) is 0 Å². The Balaban J connectivity index is 1.68. The van der Waals surface area contributed by atoms with Gasteiger partial charge in [-0.3, -0.25) is 4.79 Å². The summed E-state index contributed by atoms with van der Waals surface area (Å²) >= 11 is 0. The Morgan fingerprint density at radius 3 is 2.41 bits per heavy atom. The van der Waals surface area contributed by atoms with Gasteiger partial charge in [-0.1, -0.05) is 0 Å². The molecule has 0 radical (unpaired) electrons. The number of benzene rings is 1. The van der Waals surface area contributed by atoms with E-state index in [9.17, 15) is 23.1 Å². The number of carbonyl (C=O) groups is 1. The second-order valence-corrected chi connectivity index (χ2v) is 6.40. The van der Waals surface area contributed by atoms with Crippen LogP contribution in [0.15, 0.2) is 45.9 Å². The number of alkyl halides is 3. The molecule has 0 aliphatic carbocycles. The standard InChI is InChI=1S/C19H19F3N2O5/c1-3-27-13-4-6-14(7-5-13)28-11-15-8-9-16(29-15)17(25)24-18(26,19(20,21)22)10-12(2)23-24/h4-9,26H,3,10-11H2,1-2H3. The lowest BCUT2D eigenvalue weighted by Crippen LogP contribution is -2.56. The molecule has 3 rings (SSSR count). The predicted molar refractivity (Wildman–Crippen MR) is 95.6 cm³/mol. The molecule has 1 amide bonds. The summed E-state index contributed by atoms with van der Waals surface area (Å²) in [5.74, 6) is -0.170. The summed E-state index contributed by atoms with van der Waals surface area (Å²) in [6, 6.07) is 9.43. The maximum absolute atomic E-state index is 13.3. The van der Waals surface area contributed by atoms with E-state index in [0.717, 1.165) is 0 Å². The SMILES string of the molecule is CCOc1ccc(OCc2ccc(C(=O)N3N=C(C)CC3(O)C(F)(F)F)o2)cc1. The van der Waals surface area contributed by atoms with Crippen LogP contribution < -0.4 is 9.47 Å². The van der Waals surface area contributed by atoms with Crippen molar-refractivity contribution in [3.63, 3.8) is 0 Å². The minimum atomic E-state index is -5.07. The highest BCUT2D eigenvalue weighted by Gasteiger charge is 2.63. The van der Waals surface area contributed by atoms with Crippen molar-refractivity contribution in [2.45, 2.75) is 38.8 Å². The lowest BCUT2D eigenvalue weighted by atomic mass is 10.1. The van der Waals surface area contributed by atoms with Crippen molar-refractivity contribution in [3.8, 4) is 11.5 Å². The van der Waals surface area contributed by atoms with Crippen molar-refractivity contribution < 1.29 is 37.0 Å². The van der Waals surface area contributed by atoms with E-state index in [-0.39, 0.29) is 23.1 Å². The first-order chi connectivity index (χ1) is 13.6. The van der Waals surface area contributed by atoms with Gasteiger partial charge in [0, 0.05) is 12.1 Å². The highest BCUT2D eigenvalue weighted by atomic mass is 19.4. The molecule has 0 bridgehead atoms. The highest BCUT2D eigenvalue weighted by molar-refractivity contribution is 5.96. The fraction of sp³-hybridized carbons (Fsp3) is 0.368. The number of halogens is 3. The number of carbonyl (C=O) groups excluding carboxylic acids is 1. The van der Waals surface area contributed by atoms with Crippen molar-refractivity contribution >= 4 is 11.6 Å². The zero-order valence-electron chi connectivity index (χ0n) is 15.7. The van der Waals surface area contributed by atoms with E-state index >= 15 is 0 Å². The van der Waals surface area contributed by atoms with Crippen molar-refractivity contribution in [2.75, 3.05) is 6.61 Å². The minimum Gasteiger partial charge on any atom is -0.494 e. The smallest absolute Gasteiger partial charge is 0.438 e. The number of hydrogen-bond acceptors (Lipinski definition) is 6. The molecule has 0 saturated carbocycles. The van der Waals surface area contributed by atoms with Gasteiger partial charge in [0.15, 0.2) is 5.76 Å². The van der Waals surface area contributed by atoms with Gasteiger partial charge in [-0.05, 0) is 50.2 Å². The first-order valence-corrected chi connectivity index (χ1v) is 8.76. The van der Waals surface area contributed by atoms with Crippen LogP contribution in [0.3, 0.4) is 0 Å². The van der Waals surface area contributed by atoms with Crippen molar-refractivity contribution in [1.29, 1.82) is 0 Å². The van der Waals surface area contributed by atoms with Gasteiger partial charge in [-0.15, -0.1) is 0 Å². The Bertz CT molecular complexity index is 907. The van der Waals surface area contributed by atoms with Crippen LogP contribution in [0.2, 0.25) is 0 Å².